The quantitative estimate of drug-likeness (QED) is 0.0521. The Labute approximate surface area is 325 Å². The van der Waals surface area contributed by atoms with E-state index in [9.17, 15) is 45.0 Å². The monoisotopic (exact) mass is 783 g/mol. The third-order valence-corrected chi connectivity index (χ3v) is 10.5. The standard InChI is InChI=1S/C40H53N3O13/c1-18-11-10-12-19(2)39(52)43-30-25(17-42-41-14-15-44)34(49)27-28(35(30)50)33(48)23(6)37-29(27)38(51)40(8,56-37)54-16-13-26(53-9)20(3)36(55-24(7)45)22(5)32(47)21(4)31(18)46/h10-13,16-18,20-22,26,31-32,36,41,44,46-50H,14-15H2,1-9H3,(H,43,52)/b11-10+,16-13+,19-12-,42-17?/t18-,20-,21-,22-,26+,31+,32-,36-,40+/m1/s1. The number of aliphatic hydroxyl groups is 3. The number of amides is 1. The minimum absolute atomic E-state index is 0.0209. The molecule has 56 heavy (non-hydrogen) atoms. The van der Waals surface area contributed by atoms with E-state index in [0.29, 0.717) is 0 Å². The molecule has 0 unspecified atom stereocenters. The van der Waals surface area contributed by atoms with Crippen molar-refractivity contribution in [3.8, 4) is 23.0 Å². The molecule has 16 nitrogen and oxygen atoms in total. The molecule has 5 rings (SSSR count). The lowest BCUT2D eigenvalue weighted by Gasteiger charge is -2.38. The summed E-state index contributed by atoms with van der Waals surface area (Å²) in [5, 5.41) is 72.8. The summed E-state index contributed by atoms with van der Waals surface area (Å²) in [4.78, 5) is 40.1. The van der Waals surface area contributed by atoms with E-state index in [2.05, 4.69) is 15.8 Å². The van der Waals surface area contributed by atoms with Crippen molar-refractivity contribution < 1.29 is 64.0 Å². The highest BCUT2D eigenvalue weighted by Gasteiger charge is 2.50. The normalized spacial score (nSPS) is 31.0. The van der Waals surface area contributed by atoms with Crippen LogP contribution in [0.15, 0.2) is 41.2 Å². The maximum atomic E-state index is 14.3. The number of hydrogen-bond donors (Lipinski definition) is 8. The Morgan fingerprint density at radius 3 is 2.30 bits per heavy atom. The van der Waals surface area contributed by atoms with Crippen LogP contribution in [0.4, 0.5) is 5.69 Å². The predicted octanol–water partition coefficient (Wildman–Crippen LogP) is 3.67. The summed E-state index contributed by atoms with van der Waals surface area (Å²) in [6.45, 7) is 12.1. The Balaban J connectivity index is 1.97. The first-order valence-electron chi connectivity index (χ1n) is 18.3. The van der Waals surface area contributed by atoms with Gasteiger partial charge in [0.05, 0.1) is 66.1 Å². The molecular weight excluding hydrogens is 730 g/mol. The van der Waals surface area contributed by atoms with E-state index in [1.54, 1.807) is 39.8 Å². The number of nitrogens with zero attached hydrogens (tertiary/aromatic N) is 1. The zero-order valence-corrected chi connectivity index (χ0v) is 33.0. The fourth-order valence-corrected chi connectivity index (χ4v) is 7.10. The van der Waals surface area contributed by atoms with Crippen molar-refractivity contribution in [1.29, 1.82) is 0 Å². The van der Waals surface area contributed by atoms with Gasteiger partial charge in [0, 0.05) is 61.2 Å². The van der Waals surface area contributed by atoms with Gasteiger partial charge in [-0.1, -0.05) is 45.9 Å². The maximum absolute atomic E-state index is 14.3. The molecule has 0 aliphatic carbocycles. The fourth-order valence-electron chi connectivity index (χ4n) is 7.10. The molecule has 3 aliphatic heterocycles. The van der Waals surface area contributed by atoms with E-state index < -0.39 is 88.8 Å². The third-order valence-electron chi connectivity index (χ3n) is 10.5. The summed E-state index contributed by atoms with van der Waals surface area (Å²) in [6, 6.07) is 0. The number of ether oxygens (including phenoxy) is 4. The molecule has 0 saturated heterocycles. The van der Waals surface area contributed by atoms with Crippen molar-refractivity contribution in [2.75, 3.05) is 25.6 Å². The molecular formula is C40H53N3O13. The number of Topliss-reactive ketones (excluding diaryl/α,β-unsaturated/α-hetero) is 1. The third kappa shape index (κ3) is 8.48. The number of methoxy groups -OCH3 is 1. The lowest BCUT2D eigenvalue weighted by molar-refractivity contribution is -0.160. The summed E-state index contributed by atoms with van der Waals surface area (Å²) in [5.74, 6) is -8.76. The number of rotatable bonds is 6. The highest BCUT2D eigenvalue weighted by molar-refractivity contribution is 6.23. The number of aliphatic hydroxyl groups excluding tert-OH is 3. The number of fused-ring (bicyclic) bond motifs is 14. The minimum atomic E-state index is -2.07. The van der Waals surface area contributed by atoms with Crippen LogP contribution in [0.3, 0.4) is 0 Å². The molecule has 2 aromatic carbocycles. The number of allylic oxidation sites excluding steroid dienone is 2. The number of aromatic hydroxyl groups is 3. The fraction of sp³-hybridized carbons (Fsp3) is 0.500. The number of phenols is 3. The second-order valence-corrected chi connectivity index (χ2v) is 14.5. The highest BCUT2D eigenvalue weighted by Crippen LogP contribution is 2.55. The first-order chi connectivity index (χ1) is 26.3. The Morgan fingerprint density at radius 2 is 1.68 bits per heavy atom. The molecule has 9 atom stereocenters. The number of nitrogens with one attached hydrogen (secondary N) is 2. The van der Waals surface area contributed by atoms with Gasteiger partial charge in [-0.3, -0.25) is 14.4 Å². The van der Waals surface area contributed by atoms with E-state index in [4.69, 9.17) is 18.9 Å². The van der Waals surface area contributed by atoms with Crippen LogP contribution < -0.4 is 15.5 Å². The van der Waals surface area contributed by atoms with Gasteiger partial charge in [0.15, 0.2) is 5.75 Å². The number of anilines is 1. The van der Waals surface area contributed by atoms with Gasteiger partial charge in [-0.05, 0) is 19.9 Å². The number of hydrogen-bond acceptors (Lipinski definition) is 15. The van der Waals surface area contributed by atoms with E-state index in [-0.39, 0.29) is 57.6 Å². The molecule has 0 radical (unpaired) electrons. The number of benzene rings is 2. The zero-order chi connectivity index (χ0) is 41.8. The maximum Gasteiger partial charge on any atom is 0.312 e. The van der Waals surface area contributed by atoms with E-state index in [0.717, 1.165) is 6.21 Å². The number of carbonyl (C=O) groups is 3. The smallest absolute Gasteiger partial charge is 0.312 e. The molecule has 0 saturated carbocycles. The summed E-state index contributed by atoms with van der Waals surface area (Å²) in [5.41, 5.74) is 1.87. The summed E-state index contributed by atoms with van der Waals surface area (Å²) < 4.78 is 23.4. The van der Waals surface area contributed by atoms with Gasteiger partial charge >= 0.3 is 11.8 Å². The van der Waals surface area contributed by atoms with Gasteiger partial charge in [0.25, 0.3) is 11.7 Å². The number of esters is 1. The van der Waals surface area contributed by atoms with E-state index in [1.165, 1.54) is 53.2 Å². The van der Waals surface area contributed by atoms with Gasteiger partial charge < -0.3 is 60.3 Å². The molecule has 8 N–H and O–H groups in total. The lowest BCUT2D eigenvalue weighted by Crippen LogP contribution is -2.46. The van der Waals surface area contributed by atoms with Crippen molar-refractivity contribution in [3.63, 3.8) is 0 Å². The van der Waals surface area contributed by atoms with Crippen molar-refractivity contribution in [2.45, 2.75) is 85.6 Å². The summed E-state index contributed by atoms with van der Waals surface area (Å²) >= 11 is 0. The van der Waals surface area contributed by atoms with E-state index >= 15 is 0 Å². The Hall–Kier alpha value is -5.16. The van der Waals surface area contributed by atoms with Crippen molar-refractivity contribution >= 4 is 40.3 Å². The lowest BCUT2D eigenvalue weighted by atomic mass is 9.78. The SMILES string of the molecule is CO[C@H]1/C=C/O[C@@]2(C)Oc3c(C)c(O)c4c(O)c(c(C=NNCCO)c(O)c4c3C2=O)NC(=O)/C(C)=C\C=C\[C@@H](C)[C@H](O)[C@@H](C)[C@@H](O)[C@@H](C)[C@H](OC(C)=O)[C@@H]1C. The van der Waals surface area contributed by atoms with Crippen LogP contribution >= 0.6 is 0 Å². The number of phenolic OH excluding ortho intramolecular Hbond substituents is 3. The van der Waals surface area contributed by atoms with E-state index in [1.807, 2.05) is 0 Å². The topological polar surface area (TPSA) is 246 Å². The molecule has 5 bridgehead atoms. The van der Waals surface area contributed by atoms with Crippen molar-refractivity contribution in [3.05, 3.63) is 52.8 Å². The van der Waals surface area contributed by atoms with Crippen LogP contribution in [0.2, 0.25) is 0 Å². The van der Waals surface area contributed by atoms with Crippen LogP contribution in [0.25, 0.3) is 10.8 Å². The molecule has 2 aromatic rings. The first-order valence-corrected chi connectivity index (χ1v) is 18.3. The number of hydrazone groups is 1. The minimum Gasteiger partial charge on any atom is -0.507 e. The molecule has 306 valence electrons. The van der Waals surface area contributed by atoms with Crippen molar-refractivity contribution in [2.24, 2.45) is 28.8 Å². The Kier molecular flexibility index (Phi) is 13.8. The van der Waals surface area contributed by atoms with Gasteiger partial charge in [-0.15, -0.1) is 0 Å². The van der Waals surface area contributed by atoms with Crippen LogP contribution in [0, 0.1) is 30.6 Å². The predicted molar refractivity (Wildman–Crippen MR) is 206 cm³/mol. The summed E-state index contributed by atoms with van der Waals surface area (Å²) in [6.07, 6.45) is 4.42. The average molecular weight is 784 g/mol. The molecule has 3 aliphatic rings. The van der Waals surface area contributed by atoms with Gasteiger partial charge in [-0.25, -0.2) is 0 Å². The molecule has 3 heterocycles. The first kappa shape index (κ1) is 43.6. The Bertz CT molecular complexity index is 1960. The molecule has 0 fully saturated rings. The molecule has 0 spiro atoms. The average Bonchev–Trinajstić information content (AvgIpc) is 3.42. The highest BCUT2D eigenvalue weighted by atomic mass is 16.7. The molecule has 16 heteroatoms. The van der Waals surface area contributed by atoms with Crippen LogP contribution in [-0.4, -0.2) is 105 Å². The Morgan fingerprint density at radius 1 is 1.00 bits per heavy atom. The van der Waals surface area contributed by atoms with Crippen LogP contribution in [0.5, 0.6) is 23.0 Å². The summed E-state index contributed by atoms with van der Waals surface area (Å²) in [7, 11) is 1.42. The number of ketones is 1. The van der Waals surface area contributed by atoms with Crippen LogP contribution in [0.1, 0.15) is 70.0 Å². The second kappa shape index (κ2) is 17.7. The zero-order valence-electron chi connectivity index (χ0n) is 33.0. The van der Waals surface area contributed by atoms with Gasteiger partial charge in [0.2, 0.25) is 0 Å². The largest absolute Gasteiger partial charge is 0.507 e. The number of carbonyl (C=O) groups excluding carboxylic acids is 3. The van der Waals surface area contributed by atoms with Crippen molar-refractivity contribution in [1.82, 2.24) is 5.43 Å². The second-order valence-electron chi connectivity index (χ2n) is 14.5. The molecule has 1 amide bonds. The van der Waals surface area contributed by atoms with Crippen LogP contribution in [-0.2, 0) is 23.8 Å². The van der Waals surface area contributed by atoms with Gasteiger partial charge in [-0.2, -0.15) is 5.10 Å². The van der Waals surface area contributed by atoms with Gasteiger partial charge in [0.1, 0.15) is 23.4 Å². The molecule has 0 aromatic heterocycles.